The molecule has 0 atom stereocenters. The summed E-state index contributed by atoms with van der Waals surface area (Å²) >= 11 is 11.3. The van der Waals surface area contributed by atoms with E-state index in [2.05, 4.69) is 5.10 Å². The van der Waals surface area contributed by atoms with Gasteiger partial charge in [-0.3, -0.25) is 4.79 Å². The van der Waals surface area contributed by atoms with Gasteiger partial charge in [0.25, 0.3) is 11.7 Å². The number of rotatable bonds is 3. The highest BCUT2D eigenvalue weighted by Gasteiger charge is 2.20. The van der Waals surface area contributed by atoms with Gasteiger partial charge in [-0.05, 0) is 29.8 Å². The van der Waals surface area contributed by atoms with E-state index in [1.165, 1.54) is 0 Å². The molecule has 0 aliphatic carbocycles. The predicted octanol–water partition coefficient (Wildman–Crippen LogP) is 3.84. The Labute approximate surface area is 111 Å². The molecule has 0 bridgehead atoms. The first-order chi connectivity index (χ1) is 8.50. The molecule has 0 fully saturated rings. The van der Waals surface area contributed by atoms with E-state index >= 15 is 0 Å². The van der Waals surface area contributed by atoms with Crippen molar-refractivity contribution in [2.24, 2.45) is 0 Å². The summed E-state index contributed by atoms with van der Waals surface area (Å²) in [5.74, 6) is 0. The molecule has 1 aromatic carbocycles. The summed E-state index contributed by atoms with van der Waals surface area (Å²) in [7, 11) is 0. The Kier molecular flexibility index (Phi) is 3.63. The van der Waals surface area contributed by atoms with Crippen molar-refractivity contribution in [1.82, 2.24) is 9.78 Å². The van der Waals surface area contributed by atoms with E-state index < -0.39 is 17.4 Å². The van der Waals surface area contributed by atoms with Crippen LogP contribution in [0.4, 0.5) is 8.78 Å². The Balaban J connectivity index is 2.63. The van der Waals surface area contributed by atoms with Gasteiger partial charge in [-0.15, -0.1) is 0 Å². The molecule has 2 aromatic rings. The van der Waals surface area contributed by atoms with Gasteiger partial charge < -0.3 is 0 Å². The van der Waals surface area contributed by atoms with Crippen molar-refractivity contribution in [1.29, 1.82) is 0 Å². The fourth-order valence-corrected chi connectivity index (χ4v) is 1.80. The molecule has 94 valence electrons. The Morgan fingerprint density at radius 1 is 1.33 bits per heavy atom. The number of hydrogen-bond donors (Lipinski definition) is 0. The van der Waals surface area contributed by atoms with Crippen LogP contribution < -0.4 is 0 Å². The molecule has 1 heterocycles. The van der Waals surface area contributed by atoms with Crippen molar-refractivity contribution in [2.75, 3.05) is 0 Å². The van der Waals surface area contributed by atoms with E-state index in [0.29, 0.717) is 5.69 Å². The molecule has 0 spiro atoms. The Hall–Kier alpha value is -1.46. The molecule has 0 aliphatic heterocycles. The number of alkyl halides is 2. The molecule has 0 N–H and O–H groups in total. The molecule has 0 amide bonds. The molecule has 0 radical (unpaired) electrons. The van der Waals surface area contributed by atoms with Crippen LogP contribution >= 0.6 is 23.2 Å². The topological polar surface area (TPSA) is 34.9 Å². The lowest BCUT2D eigenvalue weighted by Gasteiger charge is -2.06. The summed E-state index contributed by atoms with van der Waals surface area (Å²) in [6.07, 6.45) is -2.79. The van der Waals surface area contributed by atoms with Gasteiger partial charge in [0, 0.05) is 0 Å². The summed E-state index contributed by atoms with van der Waals surface area (Å²) in [6.45, 7) is 0. The fraction of sp³-hybridized carbons (Fsp3) is 0.0909. The smallest absolute Gasteiger partial charge is 0.274 e. The molecule has 0 saturated carbocycles. The second-order valence-electron chi connectivity index (χ2n) is 3.39. The summed E-state index contributed by atoms with van der Waals surface area (Å²) in [5, 5.41) is 3.04. The zero-order chi connectivity index (χ0) is 13.3. The number of para-hydroxylation sites is 1. The van der Waals surface area contributed by atoms with E-state index in [1.54, 1.807) is 24.3 Å². The van der Waals surface area contributed by atoms with Crippen molar-refractivity contribution < 1.29 is 13.6 Å². The third-order valence-electron chi connectivity index (χ3n) is 2.23. The van der Waals surface area contributed by atoms with Gasteiger partial charge in [-0.1, -0.05) is 23.7 Å². The lowest BCUT2D eigenvalue weighted by Crippen LogP contribution is -2.05. The normalized spacial score (nSPS) is 10.9. The Morgan fingerprint density at radius 2 is 2.00 bits per heavy atom. The van der Waals surface area contributed by atoms with E-state index in [4.69, 9.17) is 23.2 Å². The first-order valence-corrected chi connectivity index (χ1v) is 5.59. The van der Waals surface area contributed by atoms with Crippen LogP contribution in [0.15, 0.2) is 30.3 Å². The minimum absolute atomic E-state index is 0.153. The molecule has 0 saturated heterocycles. The molecule has 2 rings (SSSR count). The number of carbonyl (C=O) groups excluding carboxylic acids is 1. The number of aromatic nitrogens is 2. The maximum Gasteiger partial charge on any atom is 0.282 e. The van der Waals surface area contributed by atoms with Crippen molar-refractivity contribution in [2.45, 2.75) is 6.43 Å². The lowest BCUT2D eigenvalue weighted by molar-refractivity contribution is 0.107. The minimum atomic E-state index is -2.79. The zero-order valence-electron chi connectivity index (χ0n) is 8.78. The molecular weight excluding hydrogens is 285 g/mol. The van der Waals surface area contributed by atoms with Gasteiger partial charge in [-0.2, -0.15) is 5.10 Å². The van der Waals surface area contributed by atoms with E-state index in [1.807, 2.05) is 0 Å². The Morgan fingerprint density at radius 3 is 2.56 bits per heavy atom. The van der Waals surface area contributed by atoms with E-state index in [0.717, 1.165) is 10.7 Å². The second-order valence-corrected chi connectivity index (χ2v) is 4.14. The standard InChI is InChI=1S/C11H6Cl2F2N2O/c12-6-3-1-2-4-8(6)17-9(10(13)18)5-7(16-17)11(14)15/h1-5,11H. The van der Waals surface area contributed by atoms with Gasteiger partial charge in [0.1, 0.15) is 11.4 Å². The van der Waals surface area contributed by atoms with Crippen LogP contribution in [-0.4, -0.2) is 15.0 Å². The van der Waals surface area contributed by atoms with Crippen LogP contribution in [0.2, 0.25) is 5.02 Å². The molecular formula is C11H6Cl2F2N2O. The monoisotopic (exact) mass is 290 g/mol. The van der Waals surface area contributed by atoms with Crippen LogP contribution in [0, 0.1) is 0 Å². The second kappa shape index (κ2) is 5.04. The average molecular weight is 291 g/mol. The van der Waals surface area contributed by atoms with E-state index in [9.17, 15) is 13.6 Å². The maximum atomic E-state index is 12.6. The number of nitrogens with zero attached hydrogens (tertiary/aromatic N) is 2. The van der Waals surface area contributed by atoms with Crippen LogP contribution in [0.25, 0.3) is 5.69 Å². The lowest BCUT2D eigenvalue weighted by atomic mass is 10.3. The molecule has 18 heavy (non-hydrogen) atoms. The van der Waals surface area contributed by atoms with Gasteiger partial charge >= 0.3 is 0 Å². The van der Waals surface area contributed by atoms with Crippen LogP contribution in [0.3, 0.4) is 0 Å². The zero-order valence-corrected chi connectivity index (χ0v) is 10.3. The summed E-state index contributed by atoms with van der Waals surface area (Å²) < 4.78 is 26.2. The minimum Gasteiger partial charge on any atom is -0.274 e. The quantitative estimate of drug-likeness (QED) is 0.805. The van der Waals surface area contributed by atoms with Crippen LogP contribution in [0.5, 0.6) is 0 Å². The third-order valence-corrected chi connectivity index (χ3v) is 2.75. The average Bonchev–Trinajstić information content (AvgIpc) is 2.74. The summed E-state index contributed by atoms with van der Waals surface area (Å²) in [6, 6.07) is 7.37. The highest BCUT2D eigenvalue weighted by atomic mass is 35.5. The van der Waals surface area contributed by atoms with Gasteiger partial charge in [0.2, 0.25) is 0 Å². The largest absolute Gasteiger partial charge is 0.282 e. The van der Waals surface area contributed by atoms with Crippen molar-refractivity contribution in [3.8, 4) is 5.69 Å². The SMILES string of the molecule is O=C(Cl)c1cc(C(F)F)nn1-c1ccccc1Cl. The molecule has 7 heteroatoms. The Bertz CT molecular complexity index is 598. The number of hydrogen-bond acceptors (Lipinski definition) is 2. The number of benzene rings is 1. The van der Waals surface area contributed by atoms with Gasteiger partial charge in [-0.25, -0.2) is 13.5 Å². The first-order valence-electron chi connectivity index (χ1n) is 4.83. The molecule has 0 unspecified atom stereocenters. The first kappa shape index (κ1) is 13.0. The summed E-state index contributed by atoms with van der Waals surface area (Å²) in [4.78, 5) is 11.2. The van der Waals surface area contributed by atoms with Crippen LogP contribution in [0.1, 0.15) is 22.6 Å². The summed E-state index contributed by atoms with van der Waals surface area (Å²) in [5.41, 5.74) is -0.367. The van der Waals surface area contributed by atoms with Gasteiger partial charge in [0.05, 0.1) is 10.7 Å². The fourth-order valence-electron chi connectivity index (χ4n) is 1.45. The highest BCUT2D eigenvalue weighted by molar-refractivity contribution is 6.67. The van der Waals surface area contributed by atoms with Crippen molar-refractivity contribution >= 4 is 28.4 Å². The number of halogens is 4. The van der Waals surface area contributed by atoms with Gasteiger partial charge in [0.15, 0.2) is 0 Å². The molecule has 0 aliphatic rings. The highest BCUT2D eigenvalue weighted by Crippen LogP contribution is 2.25. The molecule has 1 aromatic heterocycles. The van der Waals surface area contributed by atoms with E-state index in [-0.39, 0.29) is 10.7 Å². The van der Waals surface area contributed by atoms with Crippen molar-refractivity contribution in [3.05, 3.63) is 46.7 Å². The molecule has 3 nitrogen and oxygen atoms in total. The third kappa shape index (κ3) is 2.37. The van der Waals surface area contributed by atoms with Crippen molar-refractivity contribution in [3.63, 3.8) is 0 Å². The maximum absolute atomic E-state index is 12.6. The number of carbonyl (C=O) groups is 1. The van der Waals surface area contributed by atoms with Crippen LogP contribution in [-0.2, 0) is 0 Å². The predicted molar refractivity (Wildman–Crippen MR) is 63.7 cm³/mol.